The summed E-state index contributed by atoms with van der Waals surface area (Å²) in [6.07, 6.45) is 0.0314. The van der Waals surface area contributed by atoms with Crippen molar-refractivity contribution in [3.05, 3.63) is 58.1 Å². The van der Waals surface area contributed by atoms with E-state index in [-0.39, 0.29) is 18.2 Å². The highest BCUT2D eigenvalue weighted by Crippen LogP contribution is 2.27. The summed E-state index contributed by atoms with van der Waals surface area (Å²) < 4.78 is 0. The molecule has 1 aliphatic rings. The zero-order chi connectivity index (χ0) is 18.7. The largest absolute Gasteiger partial charge is 0.326 e. The molecule has 1 aliphatic heterocycles. The molecule has 5 nitrogen and oxygen atoms in total. The van der Waals surface area contributed by atoms with E-state index >= 15 is 0 Å². The molecule has 1 atom stereocenters. The second-order valence-electron chi connectivity index (χ2n) is 5.73. The van der Waals surface area contributed by atoms with E-state index in [2.05, 4.69) is 15.6 Å². The molecule has 1 fully saturated rings. The van der Waals surface area contributed by atoms with E-state index in [0.29, 0.717) is 20.9 Å². The molecule has 0 aliphatic carbocycles. The number of aryl methyl sites for hydroxylation is 1. The van der Waals surface area contributed by atoms with E-state index in [9.17, 15) is 9.59 Å². The normalized spacial score (nSPS) is 18.0. The Hall–Kier alpha value is -2.02. The number of hydrogen-bond acceptors (Lipinski definition) is 4. The maximum Gasteiger partial charge on any atom is 0.240 e. The van der Waals surface area contributed by atoms with Gasteiger partial charge in [-0.15, -0.1) is 0 Å². The molecule has 3 rings (SSSR count). The SMILES string of the molecule is Cc1ccc(N=C2NC(=O)C(CC(=O)Nc3ccc(Cl)c(Cl)c3)S2)cc1. The van der Waals surface area contributed by atoms with E-state index in [4.69, 9.17) is 23.2 Å². The van der Waals surface area contributed by atoms with Gasteiger partial charge in [0.15, 0.2) is 5.17 Å². The maximum absolute atomic E-state index is 12.2. The van der Waals surface area contributed by atoms with Gasteiger partial charge in [0, 0.05) is 12.1 Å². The number of hydrogen-bond donors (Lipinski definition) is 2. The Morgan fingerprint density at radius 1 is 1.19 bits per heavy atom. The molecular formula is C18H15Cl2N3O2S. The van der Waals surface area contributed by atoms with Crippen LogP contribution in [0.5, 0.6) is 0 Å². The molecular weight excluding hydrogens is 393 g/mol. The molecule has 1 heterocycles. The first kappa shape index (κ1) is 18.8. The van der Waals surface area contributed by atoms with Gasteiger partial charge >= 0.3 is 0 Å². The second-order valence-corrected chi connectivity index (χ2v) is 7.74. The van der Waals surface area contributed by atoms with Crippen LogP contribution >= 0.6 is 35.0 Å². The molecule has 2 N–H and O–H groups in total. The lowest BCUT2D eigenvalue weighted by Gasteiger charge is -2.08. The maximum atomic E-state index is 12.2. The molecule has 8 heteroatoms. The number of aliphatic imine (C=N–C) groups is 1. The van der Waals surface area contributed by atoms with Crippen molar-refractivity contribution in [3.8, 4) is 0 Å². The van der Waals surface area contributed by atoms with Crippen LogP contribution in [0, 0.1) is 6.92 Å². The van der Waals surface area contributed by atoms with Crippen molar-refractivity contribution < 1.29 is 9.59 Å². The van der Waals surface area contributed by atoms with Gasteiger partial charge in [-0.05, 0) is 37.3 Å². The minimum Gasteiger partial charge on any atom is -0.326 e. The number of thioether (sulfide) groups is 1. The molecule has 0 bridgehead atoms. The summed E-state index contributed by atoms with van der Waals surface area (Å²) in [6.45, 7) is 1.99. The number of halogens is 2. The van der Waals surface area contributed by atoms with E-state index in [1.807, 2.05) is 31.2 Å². The van der Waals surface area contributed by atoms with E-state index in [0.717, 1.165) is 11.3 Å². The number of anilines is 1. The summed E-state index contributed by atoms with van der Waals surface area (Å²) in [5, 5.41) is 6.15. The molecule has 0 spiro atoms. The van der Waals surface area contributed by atoms with Gasteiger partial charge in [-0.1, -0.05) is 52.7 Å². The van der Waals surface area contributed by atoms with Crippen molar-refractivity contribution in [1.82, 2.24) is 5.32 Å². The molecule has 1 unspecified atom stereocenters. The third-order valence-corrected chi connectivity index (χ3v) is 5.44. The van der Waals surface area contributed by atoms with Crippen LogP contribution < -0.4 is 10.6 Å². The van der Waals surface area contributed by atoms with Crippen LogP contribution in [-0.4, -0.2) is 22.2 Å². The number of benzene rings is 2. The van der Waals surface area contributed by atoms with Crippen molar-refractivity contribution in [2.24, 2.45) is 4.99 Å². The molecule has 26 heavy (non-hydrogen) atoms. The Bertz CT molecular complexity index is 885. The molecule has 0 saturated carbocycles. The standard InChI is InChI=1S/C18H15Cl2N3O2S/c1-10-2-4-11(5-3-10)22-18-23-17(25)15(26-18)9-16(24)21-12-6-7-13(19)14(20)8-12/h2-8,15H,9H2,1H3,(H,21,24)(H,22,23,25). The molecule has 134 valence electrons. The van der Waals surface area contributed by atoms with Crippen LogP contribution in [0.3, 0.4) is 0 Å². The predicted octanol–water partition coefficient (Wildman–Crippen LogP) is 4.55. The minimum atomic E-state index is -0.526. The molecule has 0 radical (unpaired) electrons. The number of nitrogens with zero attached hydrogens (tertiary/aromatic N) is 1. The lowest BCUT2D eigenvalue weighted by molar-refractivity contribution is -0.122. The van der Waals surface area contributed by atoms with Crippen molar-refractivity contribution in [1.29, 1.82) is 0 Å². The number of rotatable bonds is 4. The van der Waals surface area contributed by atoms with Crippen molar-refractivity contribution >= 4 is 63.3 Å². The summed E-state index contributed by atoms with van der Waals surface area (Å²) in [5.74, 6) is -0.516. The van der Waals surface area contributed by atoms with Crippen molar-refractivity contribution in [2.75, 3.05) is 5.32 Å². The third kappa shape index (κ3) is 4.78. The predicted molar refractivity (Wildman–Crippen MR) is 108 cm³/mol. The zero-order valence-electron chi connectivity index (χ0n) is 13.8. The first-order valence-corrected chi connectivity index (χ1v) is 9.42. The summed E-state index contributed by atoms with van der Waals surface area (Å²) in [7, 11) is 0. The monoisotopic (exact) mass is 407 g/mol. The second kappa shape index (κ2) is 8.12. The van der Waals surface area contributed by atoms with E-state index < -0.39 is 5.25 Å². The van der Waals surface area contributed by atoms with Crippen LogP contribution in [-0.2, 0) is 9.59 Å². The lowest BCUT2D eigenvalue weighted by atomic mass is 10.2. The van der Waals surface area contributed by atoms with E-state index in [1.165, 1.54) is 11.8 Å². The number of nitrogens with one attached hydrogen (secondary N) is 2. The fourth-order valence-electron chi connectivity index (χ4n) is 2.28. The van der Waals surface area contributed by atoms with Crippen LogP contribution in [0.15, 0.2) is 47.5 Å². The summed E-state index contributed by atoms with van der Waals surface area (Å²) in [6, 6.07) is 12.5. The highest BCUT2D eigenvalue weighted by atomic mass is 35.5. The Balaban J connectivity index is 1.61. The molecule has 0 aromatic heterocycles. The van der Waals surface area contributed by atoms with Gasteiger partial charge in [-0.2, -0.15) is 0 Å². The fourth-order valence-corrected chi connectivity index (χ4v) is 3.57. The highest BCUT2D eigenvalue weighted by Gasteiger charge is 2.32. The number of amidine groups is 1. The van der Waals surface area contributed by atoms with Gasteiger partial charge in [0.05, 0.1) is 15.7 Å². The fraction of sp³-hybridized carbons (Fsp3) is 0.167. The van der Waals surface area contributed by atoms with Gasteiger partial charge in [-0.25, -0.2) is 4.99 Å². The summed E-state index contributed by atoms with van der Waals surface area (Å²) in [4.78, 5) is 28.7. The number of carbonyl (C=O) groups is 2. The Kier molecular flexibility index (Phi) is 5.86. The van der Waals surface area contributed by atoms with Gasteiger partial charge in [0.25, 0.3) is 0 Å². The number of amides is 2. The van der Waals surface area contributed by atoms with Crippen LogP contribution in [0.4, 0.5) is 11.4 Å². The van der Waals surface area contributed by atoms with Crippen molar-refractivity contribution in [2.45, 2.75) is 18.6 Å². The zero-order valence-corrected chi connectivity index (χ0v) is 16.1. The number of carbonyl (C=O) groups excluding carboxylic acids is 2. The molecule has 2 aromatic rings. The average Bonchev–Trinajstić information content (AvgIpc) is 2.92. The van der Waals surface area contributed by atoms with E-state index in [1.54, 1.807) is 18.2 Å². The van der Waals surface area contributed by atoms with Gasteiger partial charge in [0.1, 0.15) is 5.25 Å². The lowest BCUT2D eigenvalue weighted by Crippen LogP contribution is -2.28. The Morgan fingerprint density at radius 3 is 2.62 bits per heavy atom. The third-order valence-electron chi connectivity index (χ3n) is 3.62. The first-order chi connectivity index (χ1) is 12.4. The average molecular weight is 408 g/mol. The van der Waals surface area contributed by atoms with Gasteiger partial charge in [0.2, 0.25) is 11.8 Å². The summed E-state index contributed by atoms with van der Waals surface area (Å²) >= 11 is 13.0. The summed E-state index contributed by atoms with van der Waals surface area (Å²) in [5.41, 5.74) is 2.41. The van der Waals surface area contributed by atoms with Gasteiger partial charge < -0.3 is 10.6 Å². The molecule has 2 aromatic carbocycles. The van der Waals surface area contributed by atoms with Crippen LogP contribution in [0.25, 0.3) is 0 Å². The smallest absolute Gasteiger partial charge is 0.240 e. The van der Waals surface area contributed by atoms with Gasteiger partial charge in [-0.3, -0.25) is 9.59 Å². The molecule has 1 saturated heterocycles. The Labute approximate surface area is 165 Å². The molecule has 2 amide bonds. The first-order valence-electron chi connectivity index (χ1n) is 7.78. The topological polar surface area (TPSA) is 70.6 Å². The van der Waals surface area contributed by atoms with Crippen molar-refractivity contribution in [3.63, 3.8) is 0 Å². The van der Waals surface area contributed by atoms with Crippen LogP contribution in [0.2, 0.25) is 10.0 Å². The highest BCUT2D eigenvalue weighted by molar-refractivity contribution is 8.15. The Morgan fingerprint density at radius 2 is 1.92 bits per heavy atom. The minimum absolute atomic E-state index is 0.0314. The van der Waals surface area contributed by atoms with Crippen LogP contribution in [0.1, 0.15) is 12.0 Å². The quantitative estimate of drug-likeness (QED) is 0.780.